The molecule has 1 aliphatic heterocycles. The SMILES string of the molecule is CN(C)c1nccnc1OC1CCCN(C(=O)c2ccc(=O)[nH]c2)C1. The van der Waals surface area contributed by atoms with Gasteiger partial charge in [-0.2, -0.15) is 0 Å². The number of carbonyl (C=O) groups excluding carboxylic acids is 1. The monoisotopic (exact) mass is 343 g/mol. The van der Waals surface area contributed by atoms with Crippen molar-refractivity contribution in [1.82, 2.24) is 19.9 Å². The van der Waals surface area contributed by atoms with Crippen LogP contribution in [0.2, 0.25) is 0 Å². The van der Waals surface area contributed by atoms with Gasteiger partial charge in [0.05, 0.1) is 12.1 Å². The van der Waals surface area contributed by atoms with Crippen LogP contribution in [-0.2, 0) is 0 Å². The van der Waals surface area contributed by atoms with Gasteiger partial charge in [-0.1, -0.05) is 0 Å². The summed E-state index contributed by atoms with van der Waals surface area (Å²) in [5.74, 6) is 1.01. The second kappa shape index (κ2) is 7.33. The molecule has 2 aromatic heterocycles. The predicted octanol–water partition coefficient (Wildman–Crippen LogP) is 0.914. The first-order chi connectivity index (χ1) is 12.0. The molecule has 0 aromatic carbocycles. The van der Waals surface area contributed by atoms with Crippen LogP contribution in [0.5, 0.6) is 5.88 Å². The largest absolute Gasteiger partial charge is 0.470 e. The van der Waals surface area contributed by atoms with E-state index >= 15 is 0 Å². The highest BCUT2D eigenvalue weighted by Crippen LogP contribution is 2.24. The van der Waals surface area contributed by atoms with Gasteiger partial charge in [0.25, 0.3) is 11.8 Å². The number of aromatic amines is 1. The summed E-state index contributed by atoms with van der Waals surface area (Å²) in [5, 5.41) is 0. The fourth-order valence-corrected chi connectivity index (χ4v) is 2.81. The quantitative estimate of drug-likeness (QED) is 0.887. The number of H-pyrrole nitrogens is 1. The molecule has 25 heavy (non-hydrogen) atoms. The zero-order chi connectivity index (χ0) is 17.8. The molecule has 0 spiro atoms. The number of carbonyl (C=O) groups is 1. The van der Waals surface area contributed by atoms with E-state index in [-0.39, 0.29) is 17.6 Å². The summed E-state index contributed by atoms with van der Waals surface area (Å²) < 4.78 is 6.02. The number of anilines is 1. The Morgan fingerprint density at radius 1 is 1.32 bits per heavy atom. The number of amides is 1. The maximum Gasteiger partial charge on any atom is 0.257 e. The van der Waals surface area contributed by atoms with Crippen LogP contribution >= 0.6 is 0 Å². The Morgan fingerprint density at radius 3 is 2.84 bits per heavy atom. The molecule has 8 nitrogen and oxygen atoms in total. The lowest BCUT2D eigenvalue weighted by Crippen LogP contribution is -2.44. The molecule has 1 amide bonds. The molecule has 1 aliphatic rings. The van der Waals surface area contributed by atoms with E-state index in [0.717, 1.165) is 12.8 Å². The number of rotatable bonds is 4. The summed E-state index contributed by atoms with van der Waals surface area (Å²) in [5.41, 5.74) is 0.240. The first-order valence-electron chi connectivity index (χ1n) is 8.17. The molecule has 1 fully saturated rings. The Balaban J connectivity index is 1.70. The summed E-state index contributed by atoms with van der Waals surface area (Å²) in [6.45, 7) is 1.14. The van der Waals surface area contributed by atoms with Crippen LogP contribution in [0.4, 0.5) is 5.82 Å². The fourth-order valence-electron chi connectivity index (χ4n) is 2.81. The van der Waals surface area contributed by atoms with E-state index < -0.39 is 0 Å². The third-order valence-electron chi connectivity index (χ3n) is 4.04. The van der Waals surface area contributed by atoms with Crippen molar-refractivity contribution in [3.05, 3.63) is 46.6 Å². The highest BCUT2D eigenvalue weighted by molar-refractivity contribution is 5.93. The lowest BCUT2D eigenvalue weighted by Gasteiger charge is -2.33. The van der Waals surface area contributed by atoms with Crippen molar-refractivity contribution in [2.45, 2.75) is 18.9 Å². The molecule has 1 atom stereocenters. The zero-order valence-corrected chi connectivity index (χ0v) is 14.3. The van der Waals surface area contributed by atoms with Gasteiger partial charge >= 0.3 is 0 Å². The molecule has 0 bridgehead atoms. The fraction of sp³-hybridized carbons (Fsp3) is 0.412. The van der Waals surface area contributed by atoms with Crippen molar-refractivity contribution in [1.29, 1.82) is 0 Å². The Labute approximate surface area is 145 Å². The van der Waals surface area contributed by atoms with E-state index in [4.69, 9.17) is 4.74 Å². The van der Waals surface area contributed by atoms with Crippen LogP contribution in [0.25, 0.3) is 0 Å². The number of hydrogen-bond acceptors (Lipinski definition) is 6. The van der Waals surface area contributed by atoms with Crippen molar-refractivity contribution in [2.24, 2.45) is 0 Å². The zero-order valence-electron chi connectivity index (χ0n) is 14.3. The predicted molar refractivity (Wildman–Crippen MR) is 93.0 cm³/mol. The third kappa shape index (κ3) is 3.96. The number of pyridine rings is 1. The molecule has 1 saturated heterocycles. The van der Waals surface area contributed by atoms with Gasteiger partial charge in [0.2, 0.25) is 5.56 Å². The van der Waals surface area contributed by atoms with Crippen LogP contribution < -0.4 is 15.2 Å². The van der Waals surface area contributed by atoms with E-state index in [1.807, 2.05) is 19.0 Å². The van der Waals surface area contributed by atoms with Crippen molar-refractivity contribution in [3.63, 3.8) is 0 Å². The average Bonchev–Trinajstić information content (AvgIpc) is 2.62. The second-order valence-electron chi connectivity index (χ2n) is 6.15. The molecule has 0 aliphatic carbocycles. The third-order valence-corrected chi connectivity index (χ3v) is 4.04. The first kappa shape index (κ1) is 16.9. The molecule has 1 unspecified atom stereocenters. The van der Waals surface area contributed by atoms with Gasteiger partial charge in [0, 0.05) is 45.3 Å². The van der Waals surface area contributed by atoms with Crippen molar-refractivity contribution >= 4 is 11.7 Å². The lowest BCUT2D eigenvalue weighted by atomic mass is 10.1. The Hall–Kier alpha value is -2.90. The number of nitrogens with zero attached hydrogens (tertiary/aromatic N) is 4. The number of nitrogens with one attached hydrogen (secondary N) is 1. The minimum atomic E-state index is -0.227. The van der Waals surface area contributed by atoms with Crippen LogP contribution in [0.15, 0.2) is 35.5 Å². The van der Waals surface area contributed by atoms with Crippen LogP contribution in [0.3, 0.4) is 0 Å². The molecular weight excluding hydrogens is 322 g/mol. The normalized spacial score (nSPS) is 17.2. The number of aromatic nitrogens is 3. The van der Waals surface area contributed by atoms with Gasteiger partial charge in [-0.15, -0.1) is 0 Å². The Morgan fingerprint density at radius 2 is 2.12 bits per heavy atom. The molecule has 3 heterocycles. The van der Waals surface area contributed by atoms with Crippen LogP contribution in [0.1, 0.15) is 23.2 Å². The van der Waals surface area contributed by atoms with Crippen molar-refractivity contribution in [2.75, 3.05) is 32.1 Å². The standard InChI is InChI=1S/C17H21N5O3/c1-21(2)15-16(19-8-7-18-15)25-13-4-3-9-22(11-13)17(24)12-5-6-14(23)20-10-12/h5-8,10,13H,3-4,9,11H2,1-2H3,(H,20,23). The molecule has 8 heteroatoms. The van der Waals surface area contributed by atoms with E-state index in [0.29, 0.717) is 30.4 Å². The molecule has 1 N–H and O–H groups in total. The van der Waals surface area contributed by atoms with Crippen molar-refractivity contribution < 1.29 is 9.53 Å². The summed E-state index contributed by atoms with van der Waals surface area (Å²) in [7, 11) is 3.76. The summed E-state index contributed by atoms with van der Waals surface area (Å²) in [6.07, 6.45) is 6.21. The second-order valence-corrected chi connectivity index (χ2v) is 6.15. The summed E-state index contributed by atoms with van der Waals surface area (Å²) in [4.78, 5) is 38.4. The van der Waals surface area contributed by atoms with E-state index in [1.54, 1.807) is 23.4 Å². The van der Waals surface area contributed by atoms with E-state index in [2.05, 4.69) is 15.0 Å². The highest BCUT2D eigenvalue weighted by Gasteiger charge is 2.27. The topological polar surface area (TPSA) is 91.4 Å². The number of hydrogen-bond donors (Lipinski definition) is 1. The van der Waals surface area contributed by atoms with E-state index in [1.165, 1.54) is 12.3 Å². The Bertz CT molecular complexity index is 784. The van der Waals surface area contributed by atoms with Gasteiger partial charge in [0.1, 0.15) is 6.10 Å². The van der Waals surface area contributed by atoms with Crippen molar-refractivity contribution in [3.8, 4) is 5.88 Å². The van der Waals surface area contributed by atoms with Gasteiger partial charge in [-0.25, -0.2) is 9.97 Å². The van der Waals surface area contributed by atoms with Gasteiger partial charge in [0.15, 0.2) is 5.82 Å². The van der Waals surface area contributed by atoms with Crippen LogP contribution in [-0.4, -0.2) is 59.0 Å². The average molecular weight is 343 g/mol. The molecule has 0 radical (unpaired) electrons. The van der Waals surface area contributed by atoms with Crippen LogP contribution in [0, 0.1) is 0 Å². The number of likely N-dealkylation sites (tertiary alicyclic amines) is 1. The minimum Gasteiger partial charge on any atom is -0.470 e. The smallest absolute Gasteiger partial charge is 0.257 e. The van der Waals surface area contributed by atoms with Gasteiger partial charge < -0.3 is 19.5 Å². The summed E-state index contributed by atoms with van der Waals surface area (Å²) >= 11 is 0. The highest BCUT2D eigenvalue weighted by atomic mass is 16.5. The van der Waals surface area contributed by atoms with Gasteiger partial charge in [-0.3, -0.25) is 9.59 Å². The molecule has 132 valence electrons. The first-order valence-corrected chi connectivity index (χ1v) is 8.17. The van der Waals surface area contributed by atoms with E-state index in [9.17, 15) is 9.59 Å². The number of ether oxygens (including phenoxy) is 1. The molecule has 2 aromatic rings. The maximum absolute atomic E-state index is 12.6. The summed E-state index contributed by atoms with van der Waals surface area (Å²) in [6, 6.07) is 2.90. The lowest BCUT2D eigenvalue weighted by molar-refractivity contribution is 0.0528. The maximum atomic E-state index is 12.6. The minimum absolute atomic E-state index is 0.114. The van der Waals surface area contributed by atoms with Gasteiger partial charge in [-0.05, 0) is 18.9 Å². The molecule has 0 saturated carbocycles. The number of piperidine rings is 1. The Kier molecular flexibility index (Phi) is 4.97. The molecule has 3 rings (SSSR count). The molecular formula is C17H21N5O3.